The van der Waals surface area contributed by atoms with Crippen LogP contribution in [-0.4, -0.2) is 47.2 Å². The first kappa shape index (κ1) is 10.6. The molecule has 0 aliphatic carbocycles. The molecule has 1 aliphatic rings. The number of hydrogen-bond donors (Lipinski definition) is 1. The molecule has 0 aromatic carbocycles. The monoisotopic (exact) mass is 208 g/mol. The molecular formula is C11H20N4. The molecule has 0 radical (unpaired) electrons. The van der Waals surface area contributed by atoms with E-state index < -0.39 is 0 Å². The van der Waals surface area contributed by atoms with Gasteiger partial charge in [-0.25, -0.2) is 4.98 Å². The zero-order valence-electron chi connectivity index (χ0n) is 9.61. The van der Waals surface area contributed by atoms with E-state index in [4.69, 9.17) is 0 Å². The van der Waals surface area contributed by atoms with E-state index in [1.54, 1.807) is 0 Å². The lowest BCUT2D eigenvalue weighted by Crippen LogP contribution is -2.31. The standard InChI is InChI=1S/C11H20N4/c1-10-13-4-6-15(10)8-7-14-5-3-11(9-14)12-2/h4,6,11-12H,3,5,7-9H2,1-2H3. The summed E-state index contributed by atoms with van der Waals surface area (Å²) in [6.07, 6.45) is 5.20. The summed E-state index contributed by atoms with van der Waals surface area (Å²) in [7, 11) is 2.05. The predicted molar refractivity (Wildman–Crippen MR) is 60.9 cm³/mol. The van der Waals surface area contributed by atoms with Crippen molar-refractivity contribution in [2.75, 3.05) is 26.7 Å². The maximum atomic E-state index is 4.23. The Labute approximate surface area is 91.3 Å². The van der Waals surface area contributed by atoms with Gasteiger partial charge in [-0.15, -0.1) is 0 Å². The van der Waals surface area contributed by atoms with Gasteiger partial charge in [0.05, 0.1) is 0 Å². The van der Waals surface area contributed by atoms with Crippen molar-refractivity contribution >= 4 is 0 Å². The summed E-state index contributed by atoms with van der Waals surface area (Å²) in [5.41, 5.74) is 0. The van der Waals surface area contributed by atoms with Crippen LogP contribution in [0.2, 0.25) is 0 Å². The SMILES string of the molecule is CNC1CCN(CCn2ccnc2C)C1. The Morgan fingerprint density at radius 1 is 1.53 bits per heavy atom. The topological polar surface area (TPSA) is 33.1 Å². The second-order valence-electron chi connectivity index (χ2n) is 4.24. The summed E-state index contributed by atoms with van der Waals surface area (Å²) in [6, 6.07) is 0.689. The Balaban J connectivity index is 1.77. The largest absolute Gasteiger partial charge is 0.334 e. The van der Waals surface area contributed by atoms with Gasteiger partial charge in [-0.2, -0.15) is 0 Å². The van der Waals surface area contributed by atoms with Crippen LogP contribution in [0.4, 0.5) is 0 Å². The van der Waals surface area contributed by atoms with Gasteiger partial charge >= 0.3 is 0 Å². The van der Waals surface area contributed by atoms with Crippen molar-refractivity contribution in [1.29, 1.82) is 0 Å². The van der Waals surface area contributed by atoms with Crippen LogP contribution in [0.15, 0.2) is 12.4 Å². The molecule has 4 nitrogen and oxygen atoms in total. The molecule has 1 atom stereocenters. The zero-order chi connectivity index (χ0) is 10.7. The third-order valence-corrected chi connectivity index (χ3v) is 3.26. The predicted octanol–water partition coefficient (Wildman–Crippen LogP) is 0.485. The van der Waals surface area contributed by atoms with E-state index in [9.17, 15) is 0 Å². The molecular weight excluding hydrogens is 188 g/mol. The Kier molecular flexibility index (Phi) is 3.38. The summed E-state index contributed by atoms with van der Waals surface area (Å²) in [4.78, 5) is 6.74. The lowest BCUT2D eigenvalue weighted by molar-refractivity contribution is 0.313. The van der Waals surface area contributed by atoms with Gasteiger partial charge in [0.1, 0.15) is 5.82 Å². The maximum absolute atomic E-state index is 4.23. The number of hydrogen-bond acceptors (Lipinski definition) is 3. The summed E-state index contributed by atoms with van der Waals surface area (Å²) in [5.74, 6) is 1.11. The van der Waals surface area contributed by atoms with Gasteiger partial charge in [0.2, 0.25) is 0 Å². The number of imidazole rings is 1. The fourth-order valence-corrected chi connectivity index (χ4v) is 2.16. The third-order valence-electron chi connectivity index (χ3n) is 3.26. The van der Waals surface area contributed by atoms with E-state index in [1.807, 2.05) is 13.2 Å². The van der Waals surface area contributed by atoms with Crippen LogP contribution in [0.25, 0.3) is 0 Å². The van der Waals surface area contributed by atoms with Crippen LogP contribution in [0, 0.1) is 6.92 Å². The van der Waals surface area contributed by atoms with E-state index in [0.717, 1.165) is 18.9 Å². The van der Waals surface area contributed by atoms with Crippen molar-refractivity contribution in [3.63, 3.8) is 0 Å². The fraction of sp³-hybridized carbons (Fsp3) is 0.727. The first-order valence-corrected chi connectivity index (χ1v) is 5.67. The first-order valence-electron chi connectivity index (χ1n) is 5.67. The Bertz CT molecular complexity index is 307. The number of aryl methyl sites for hydroxylation is 1. The summed E-state index contributed by atoms with van der Waals surface area (Å²) in [6.45, 7) is 6.65. The molecule has 1 fully saturated rings. The number of likely N-dealkylation sites (N-methyl/N-ethyl adjacent to an activating group) is 1. The Morgan fingerprint density at radius 3 is 3.00 bits per heavy atom. The minimum atomic E-state index is 0.689. The highest BCUT2D eigenvalue weighted by Crippen LogP contribution is 2.08. The molecule has 0 saturated carbocycles. The van der Waals surface area contributed by atoms with Crippen molar-refractivity contribution in [3.05, 3.63) is 18.2 Å². The zero-order valence-corrected chi connectivity index (χ0v) is 9.61. The molecule has 1 saturated heterocycles. The average Bonchev–Trinajstić information content (AvgIpc) is 2.84. The molecule has 4 heteroatoms. The maximum Gasteiger partial charge on any atom is 0.105 e. The van der Waals surface area contributed by atoms with Crippen LogP contribution in [0.3, 0.4) is 0 Å². The van der Waals surface area contributed by atoms with Gasteiger partial charge in [0.15, 0.2) is 0 Å². The minimum Gasteiger partial charge on any atom is -0.334 e. The highest BCUT2D eigenvalue weighted by atomic mass is 15.2. The van der Waals surface area contributed by atoms with Gasteiger partial charge in [-0.3, -0.25) is 4.90 Å². The van der Waals surface area contributed by atoms with E-state index in [-0.39, 0.29) is 0 Å². The second-order valence-corrected chi connectivity index (χ2v) is 4.24. The van der Waals surface area contributed by atoms with Gasteiger partial charge in [-0.05, 0) is 26.9 Å². The highest BCUT2D eigenvalue weighted by molar-refractivity contribution is 4.89. The molecule has 84 valence electrons. The molecule has 1 aromatic heterocycles. The molecule has 0 bridgehead atoms. The highest BCUT2D eigenvalue weighted by Gasteiger charge is 2.20. The quantitative estimate of drug-likeness (QED) is 0.781. The Morgan fingerprint density at radius 2 is 2.40 bits per heavy atom. The van der Waals surface area contributed by atoms with Crippen molar-refractivity contribution in [2.24, 2.45) is 0 Å². The van der Waals surface area contributed by atoms with E-state index >= 15 is 0 Å². The van der Waals surface area contributed by atoms with E-state index in [1.165, 1.54) is 19.5 Å². The third kappa shape index (κ3) is 2.58. The molecule has 0 spiro atoms. The van der Waals surface area contributed by atoms with Crippen LogP contribution in [0.1, 0.15) is 12.2 Å². The second kappa shape index (κ2) is 4.77. The van der Waals surface area contributed by atoms with Crippen molar-refractivity contribution in [1.82, 2.24) is 19.8 Å². The van der Waals surface area contributed by atoms with Crippen LogP contribution < -0.4 is 5.32 Å². The van der Waals surface area contributed by atoms with Gasteiger partial charge in [0, 0.05) is 38.1 Å². The molecule has 15 heavy (non-hydrogen) atoms. The lowest BCUT2D eigenvalue weighted by atomic mass is 10.3. The van der Waals surface area contributed by atoms with Crippen molar-refractivity contribution < 1.29 is 0 Å². The fourth-order valence-electron chi connectivity index (χ4n) is 2.16. The lowest BCUT2D eigenvalue weighted by Gasteiger charge is -2.16. The van der Waals surface area contributed by atoms with Gasteiger partial charge in [0.25, 0.3) is 0 Å². The molecule has 1 N–H and O–H groups in total. The number of nitrogens with one attached hydrogen (secondary N) is 1. The number of aromatic nitrogens is 2. The van der Waals surface area contributed by atoms with E-state index in [2.05, 4.69) is 32.9 Å². The summed E-state index contributed by atoms with van der Waals surface area (Å²) < 4.78 is 2.21. The van der Waals surface area contributed by atoms with Gasteiger partial charge in [-0.1, -0.05) is 0 Å². The van der Waals surface area contributed by atoms with Gasteiger partial charge < -0.3 is 9.88 Å². The summed E-state index contributed by atoms with van der Waals surface area (Å²) in [5, 5.41) is 3.34. The molecule has 1 unspecified atom stereocenters. The number of likely N-dealkylation sites (tertiary alicyclic amines) is 1. The normalized spacial score (nSPS) is 22.4. The summed E-state index contributed by atoms with van der Waals surface area (Å²) >= 11 is 0. The Hall–Kier alpha value is -0.870. The molecule has 1 aliphatic heterocycles. The van der Waals surface area contributed by atoms with Crippen molar-refractivity contribution in [3.8, 4) is 0 Å². The van der Waals surface area contributed by atoms with Crippen molar-refractivity contribution in [2.45, 2.75) is 25.9 Å². The molecule has 1 aromatic rings. The number of nitrogens with zero attached hydrogens (tertiary/aromatic N) is 3. The molecule has 0 amide bonds. The van der Waals surface area contributed by atoms with Crippen LogP contribution in [0.5, 0.6) is 0 Å². The average molecular weight is 208 g/mol. The molecule has 2 heterocycles. The number of rotatable bonds is 4. The first-order chi connectivity index (χ1) is 7.29. The smallest absolute Gasteiger partial charge is 0.105 e. The minimum absolute atomic E-state index is 0.689. The molecule has 2 rings (SSSR count). The van der Waals surface area contributed by atoms with Crippen LogP contribution >= 0.6 is 0 Å². The van der Waals surface area contributed by atoms with E-state index in [0.29, 0.717) is 6.04 Å². The van der Waals surface area contributed by atoms with Crippen LogP contribution in [-0.2, 0) is 6.54 Å².